The fraction of sp³-hybridized carbons (Fsp3) is 0.583. The van der Waals surface area contributed by atoms with Gasteiger partial charge in [-0.2, -0.15) is 0 Å². The number of carbonyl (C=O) groups excluding carboxylic acids is 1. The SMILES string of the molecule is C/C=C/C1OC(=O)C=CC1OCOCCOC. The van der Waals surface area contributed by atoms with E-state index in [0.29, 0.717) is 13.2 Å². The van der Waals surface area contributed by atoms with Crippen molar-refractivity contribution in [2.45, 2.75) is 19.1 Å². The molecule has 0 saturated carbocycles. The maximum Gasteiger partial charge on any atom is 0.331 e. The monoisotopic (exact) mass is 242 g/mol. The van der Waals surface area contributed by atoms with E-state index in [1.807, 2.05) is 13.0 Å². The smallest absolute Gasteiger partial charge is 0.331 e. The third kappa shape index (κ3) is 5.12. The number of cyclic esters (lactones) is 1. The van der Waals surface area contributed by atoms with Crippen molar-refractivity contribution in [3.8, 4) is 0 Å². The van der Waals surface area contributed by atoms with Gasteiger partial charge in [-0.1, -0.05) is 6.08 Å². The molecule has 1 heterocycles. The summed E-state index contributed by atoms with van der Waals surface area (Å²) in [6, 6.07) is 0. The molecule has 0 N–H and O–H groups in total. The van der Waals surface area contributed by atoms with Crippen molar-refractivity contribution in [2.24, 2.45) is 0 Å². The predicted octanol–water partition coefficient (Wildman–Crippen LogP) is 1.05. The molecule has 17 heavy (non-hydrogen) atoms. The average molecular weight is 242 g/mol. The van der Waals surface area contributed by atoms with Crippen LogP contribution in [0.3, 0.4) is 0 Å². The van der Waals surface area contributed by atoms with Crippen molar-refractivity contribution < 1.29 is 23.7 Å². The van der Waals surface area contributed by atoms with E-state index < -0.39 is 0 Å². The van der Waals surface area contributed by atoms with Gasteiger partial charge in [-0.05, 0) is 19.1 Å². The van der Waals surface area contributed by atoms with Crippen LogP contribution in [0.5, 0.6) is 0 Å². The Labute approximate surface area is 101 Å². The highest BCUT2D eigenvalue weighted by Crippen LogP contribution is 2.13. The van der Waals surface area contributed by atoms with E-state index in [9.17, 15) is 4.79 Å². The number of carbonyl (C=O) groups is 1. The molecule has 0 amide bonds. The zero-order chi connectivity index (χ0) is 12.5. The maximum absolute atomic E-state index is 11.1. The van der Waals surface area contributed by atoms with Gasteiger partial charge in [0.2, 0.25) is 0 Å². The molecule has 0 aromatic carbocycles. The first-order valence-electron chi connectivity index (χ1n) is 5.48. The summed E-state index contributed by atoms with van der Waals surface area (Å²) >= 11 is 0. The molecule has 0 aliphatic carbocycles. The van der Waals surface area contributed by atoms with Crippen molar-refractivity contribution in [3.63, 3.8) is 0 Å². The van der Waals surface area contributed by atoms with Gasteiger partial charge in [0, 0.05) is 13.2 Å². The maximum atomic E-state index is 11.1. The standard InChI is InChI=1S/C12H18O5/c1-3-4-11-10(5-6-12(13)17-11)16-9-15-8-7-14-2/h3-6,10-11H,7-9H2,1-2H3/b4-3+. The first-order valence-corrected chi connectivity index (χ1v) is 5.48. The highest BCUT2D eigenvalue weighted by Gasteiger charge is 2.24. The summed E-state index contributed by atoms with van der Waals surface area (Å²) in [7, 11) is 1.61. The van der Waals surface area contributed by atoms with Gasteiger partial charge in [0.15, 0.2) is 6.10 Å². The van der Waals surface area contributed by atoms with Crippen molar-refractivity contribution in [2.75, 3.05) is 27.1 Å². The second-order valence-electron chi connectivity index (χ2n) is 3.44. The summed E-state index contributed by atoms with van der Waals surface area (Å²) < 4.78 is 20.6. The Kier molecular flexibility index (Phi) is 6.54. The molecule has 1 aliphatic heterocycles. The first kappa shape index (κ1) is 13.9. The lowest BCUT2D eigenvalue weighted by Gasteiger charge is -2.24. The molecule has 0 aromatic heterocycles. The Balaban J connectivity index is 2.33. The van der Waals surface area contributed by atoms with E-state index in [-0.39, 0.29) is 25.0 Å². The van der Waals surface area contributed by atoms with Crippen molar-refractivity contribution in [3.05, 3.63) is 24.3 Å². The molecule has 5 nitrogen and oxygen atoms in total. The summed E-state index contributed by atoms with van der Waals surface area (Å²) in [4.78, 5) is 11.1. The molecule has 0 aromatic rings. The van der Waals surface area contributed by atoms with Crippen LogP contribution < -0.4 is 0 Å². The molecule has 0 bridgehead atoms. The number of hydrogen-bond donors (Lipinski definition) is 0. The van der Waals surface area contributed by atoms with E-state index in [2.05, 4.69) is 0 Å². The molecule has 2 unspecified atom stereocenters. The van der Waals surface area contributed by atoms with Gasteiger partial charge in [0.05, 0.1) is 13.2 Å². The average Bonchev–Trinajstić information content (AvgIpc) is 2.32. The molecule has 0 radical (unpaired) electrons. The summed E-state index contributed by atoms with van der Waals surface area (Å²) in [5, 5.41) is 0. The number of ether oxygens (including phenoxy) is 4. The Hall–Kier alpha value is -1.17. The van der Waals surface area contributed by atoms with Crippen molar-refractivity contribution >= 4 is 5.97 Å². The van der Waals surface area contributed by atoms with Gasteiger partial charge in [0.25, 0.3) is 0 Å². The molecular weight excluding hydrogens is 224 g/mol. The minimum Gasteiger partial charge on any atom is -0.452 e. The third-order valence-corrected chi connectivity index (χ3v) is 2.16. The van der Waals surface area contributed by atoms with Crippen LogP contribution in [0.2, 0.25) is 0 Å². The molecule has 96 valence electrons. The van der Waals surface area contributed by atoms with E-state index in [1.54, 1.807) is 19.3 Å². The van der Waals surface area contributed by atoms with E-state index in [4.69, 9.17) is 18.9 Å². The fourth-order valence-electron chi connectivity index (χ4n) is 1.34. The second kappa shape index (κ2) is 8.00. The number of hydrogen-bond acceptors (Lipinski definition) is 5. The van der Waals surface area contributed by atoms with Crippen LogP contribution in [-0.2, 0) is 23.7 Å². The van der Waals surface area contributed by atoms with E-state index in [1.165, 1.54) is 6.08 Å². The molecule has 1 rings (SSSR count). The van der Waals surface area contributed by atoms with Crippen LogP contribution >= 0.6 is 0 Å². The van der Waals surface area contributed by atoms with Crippen molar-refractivity contribution in [1.29, 1.82) is 0 Å². The Morgan fingerprint density at radius 2 is 2.29 bits per heavy atom. The van der Waals surface area contributed by atoms with Gasteiger partial charge in [-0.25, -0.2) is 4.79 Å². The largest absolute Gasteiger partial charge is 0.452 e. The predicted molar refractivity (Wildman–Crippen MR) is 61.4 cm³/mol. The van der Waals surface area contributed by atoms with Gasteiger partial charge in [-0.15, -0.1) is 0 Å². The van der Waals surface area contributed by atoms with Crippen LogP contribution in [-0.4, -0.2) is 45.3 Å². The van der Waals surface area contributed by atoms with Crippen LogP contribution in [0.4, 0.5) is 0 Å². The summed E-state index contributed by atoms with van der Waals surface area (Å²) in [6.07, 6.45) is 5.95. The Morgan fingerprint density at radius 1 is 1.47 bits per heavy atom. The van der Waals surface area contributed by atoms with Crippen LogP contribution in [0, 0.1) is 0 Å². The first-order chi connectivity index (χ1) is 8.27. The zero-order valence-electron chi connectivity index (χ0n) is 10.1. The molecule has 1 aliphatic rings. The highest BCUT2D eigenvalue weighted by atomic mass is 16.7. The second-order valence-corrected chi connectivity index (χ2v) is 3.44. The molecule has 0 saturated heterocycles. The molecule has 5 heteroatoms. The van der Waals surface area contributed by atoms with Gasteiger partial charge < -0.3 is 18.9 Å². The quantitative estimate of drug-likeness (QED) is 0.289. The van der Waals surface area contributed by atoms with Crippen LogP contribution in [0.25, 0.3) is 0 Å². The highest BCUT2D eigenvalue weighted by molar-refractivity contribution is 5.83. The Bertz CT molecular complexity index is 285. The summed E-state index contributed by atoms with van der Waals surface area (Å²) in [5.74, 6) is -0.353. The molecule has 0 spiro atoms. The fourth-order valence-corrected chi connectivity index (χ4v) is 1.34. The van der Waals surface area contributed by atoms with Crippen molar-refractivity contribution in [1.82, 2.24) is 0 Å². The van der Waals surface area contributed by atoms with Crippen LogP contribution in [0.15, 0.2) is 24.3 Å². The van der Waals surface area contributed by atoms with Gasteiger partial charge in [-0.3, -0.25) is 0 Å². The topological polar surface area (TPSA) is 54.0 Å². The summed E-state index contributed by atoms with van der Waals surface area (Å²) in [5.41, 5.74) is 0. The normalized spacial score (nSPS) is 24.2. The third-order valence-electron chi connectivity index (χ3n) is 2.16. The zero-order valence-corrected chi connectivity index (χ0v) is 10.1. The van der Waals surface area contributed by atoms with Gasteiger partial charge in [0.1, 0.15) is 12.9 Å². The number of rotatable bonds is 7. The summed E-state index contributed by atoms with van der Waals surface area (Å²) in [6.45, 7) is 3.00. The molecular formula is C12H18O5. The van der Waals surface area contributed by atoms with E-state index >= 15 is 0 Å². The Morgan fingerprint density at radius 3 is 3.00 bits per heavy atom. The molecule has 0 fully saturated rings. The van der Waals surface area contributed by atoms with Gasteiger partial charge >= 0.3 is 5.97 Å². The van der Waals surface area contributed by atoms with E-state index in [0.717, 1.165) is 0 Å². The molecule has 2 atom stereocenters. The van der Waals surface area contributed by atoms with Crippen LogP contribution in [0.1, 0.15) is 6.92 Å². The minimum absolute atomic E-state index is 0.143. The number of esters is 1. The number of allylic oxidation sites excluding steroid dienone is 1. The number of methoxy groups -OCH3 is 1. The minimum atomic E-state index is -0.386. The lowest BCUT2D eigenvalue weighted by molar-refractivity contribution is -0.155. The lowest BCUT2D eigenvalue weighted by Crippen LogP contribution is -2.34. The lowest BCUT2D eigenvalue weighted by atomic mass is 10.1.